The Kier molecular flexibility index (Phi) is 5.73. The van der Waals surface area contributed by atoms with E-state index in [4.69, 9.17) is 9.47 Å². The van der Waals surface area contributed by atoms with Gasteiger partial charge < -0.3 is 14.8 Å². The van der Waals surface area contributed by atoms with Crippen LogP contribution in [0.25, 0.3) is 0 Å². The highest BCUT2D eigenvalue weighted by atomic mass is 19.1. The van der Waals surface area contributed by atoms with Crippen LogP contribution >= 0.6 is 0 Å². The zero-order chi connectivity index (χ0) is 14.4. The fraction of sp³-hybridized carbons (Fsp3) is 0.600. The van der Waals surface area contributed by atoms with Crippen LogP contribution in [0.15, 0.2) is 18.2 Å². The highest BCUT2D eigenvalue weighted by Crippen LogP contribution is 2.21. The van der Waals surface area contributed by atoms with Crippen LogP contribution < -0.4 is 10.1 Å². The summed E-state index contributed by atoms with van der Waals surface area (Å²) in [6.07, 6.45) is 2.01. The summed E-state index contributed by atoms with van der Waals surface area (Å²) in [6.45, 7) is 4.80. The molecule has 1 aromatic rings. The molecule has 0 aliphatic carbocycles. The first-order chi connectivity index (χ1) is 9.70. The van der Waals surface area contributed by atoms with Gasteiger partial charge in [0.1, 0.15) is 12.4 Å². The van der Waals surface area contributed by atoms with Crippen LogP contribution in [0, 0.1) is 17.6 Å². The maximum Gasteiger partial charge on any atom is 0.167 e. The first-order valence-electron chi connectivity index (χ1n) is 7.09. The number of halogens is 2. The van der Waals surface area contributed by atoms with Crippen LogP contribution in [-0.2, 0) is 4.74 Å². The van der Waals surface area contributed by atoms with E-state index in [0.717, 1.165) is 32.1 Å². The summed E-state index contributed by atoms with van der Waals surface area (Å²) in [5.74, 6) is -0.791. The fourth-order valence-corrected chi connectivity index (χ4v) is 2.33. The van der Waals surface area contributed by atoms with Crippen molar-refractivity contribution in [3.05, 3.63) is 29.8 Å². The van der Waals surface area contributed by atoms with Gasteiger partial charge in [-0.15, -0.1) is 0 Å². The van der Waals surface area contributed by atoms with Gasteiger partial charge in [0.05, 0.1) is 6.61 Å². The molecule has 1 aliphatic rings. The average molecular weight is 285 g/mol. The van der Waals surface area contributed by atoms with Gasteiger partial charge in [0.2, 0.25) is 0 Å². The molecule has 112 valence electrons. The topological polar surface area (TPSA) is 30.5 Å². The van der Waals surface area contributed by atoms with E-state index in [0.29, 0.717) is 19.1 Å². The molecule has 1 N–H and O–H groups in total. The number of nitrogens with one attached hydrogen (secondary N) is 1. The summed E-state index contributed by atoms with van der Waals surface area (Å²) in [6, 6.07) is 3.49. The van der Waals surface area contributed by atoms with E-state index in [-0.39, 0.29) is 11.8 Å². The van der Waals surface area contributed by atoms with Crippen LogP contribution in [0.5, 0.6) is 5.75 Å². The normalized spacial score (nSPS) is 20.1. The number of hydrogen-bond donors (Lipinski definition) is 1. The van der Waals surface area contributed by atoms with Crippen LogP contribution in [-0.4, -0.2) is 32.4 Å². The first-order valence-corrected chi connectivity index (χ1v) is 7.09. The minimum Gasteiger partial charge on any atom is -0.489 e. The van der Waals surface area contributed by atoms with Crippen molar-refractivity contribution in [2.75, 3.05) is 26.4 Å². The molecule has 1 aliphatic heterocycles. The Morgan fingerprint density at radius 1 is 1.45 bits per heavy atom. The molecule has 2 unspecified atom stereocenters. The van der Waals surface area contributed by atoms with Crippen molar-refractivity contribution in [3.63, 3.8) is 0 Å². The number of rotatable bonds is 7. The Bertz CT molecular complexity index is 422. The van der Waals surface area contributed by atoms with E-state index in [1.165, 1.54) is 12.1 Å². The molecular formula is C15H21F2NO2. The Hall–Kier alpha value is -1.20. The van der Waals surface area contributed by atoms with E-state index < -0.39 is 11.6 Å². The van der Waals surface area contributed by atoms with Gasteiger partial charge in [0.25, 0.3) is 0 Å². The number of benzene rings is 1. The third-order valence-corrected chi connectivity index (χ3v) is 3.50. The van der Waals surface area contributed by atoms with Crippen molar-refractivity contribution in [2.24, 2.45) is 5.92 Å². The van der Waals surface area contributed by atoms with E-state index in [1.807, 2.05) is 0 Å². The molecule has 0 radical (unpaired) electrons. The molecular weight excluding hydrogens is 264 g/mol. The molecule has 0 saturated carbocycles. The van der Waals surface area contributed by atoms with Crippen molar-refractivity contribution in [3.8, 4) is 5.75 Å². The SMILES string of the molecule is CCCNC(COc1ccc(F)cc1F)C1CCOC1. The lowest BCUT2D eigenvalue weighted by molar-refractivity contribution is 0.159. The molecule has 0 bridgehead atoms. The van der Waals surface area contributed by atoms with E-state index in [2.05, 4.69) is 12.2 Å². The van der Waals surface area contributed by atoms with Gasteiger partial charge >= 0.3 is 0 Å². The Balaban J connectivity index is 1.93. The van der Waals surface area contributed by atoms with Gasteiger partial charge in [-0.25, -0.2) is 8.78 Å². The van der Waals surface area contributed by atoms with Gasteiger partial charge in [0.15, 0.2) is 11.6 Å². The van der Waals surface area contributed by atoms with Crippen molar-refractivity contribution in [1.82, 2.24) is 5.32 Å². The minimum absolute atomic E-state index is 0.0913. The van der Waals surface area contributed by atoms with Crippen molar-refractivity contribution < 1.29 is 18.3 Å². The predicted molar refractivity (Wildman–Crippen MR) is 72.9 cm³/mol. The third-order valence-electron chi connectivity index (χ3n) is 3.50. The number of hydrogen-bond acceptors (Lipinski definition) is 3. The van der Waals surface area contributed by atoms with E-state index >= 15 is 0 Å². The quantitative estimate of drug-likeness (QED) is 0.835. The second kappa shape index (κ2) is 7.55. The van der Waals surface area contributed by atoms with Crippen molar-refractivity contribution in [1.29, 1.82) is 0 Å². The van der Waals surface area contributed by atoms with Gasteiger partial charge in [-0.3, -0.25) is 0 Å². The van der Waals surface area contributed by atoms with E-state index in [1.54, 1.807) is 0 Å². The molecule has 2 rings (SSSR count). The lowest BCUT2D eigenvalue weighted by Crippen LogP contribution is -2.41. The molecule has 0 amide bonds. The standard InChI is InChI=1S/C15H21F2NO2/c1-2-6-18-14(11-5-7-19-9-11)10-20-15-4-3-12(16)8-13(15)17/h3-4,8,11,14,18H,2,5-7,9-10H2,1H3. The molecule has 20 heavy (non-hydrogen) atoms. The largest absolute Gasteiger partial charge is 0.489 e. The molecule has 2 atom stereocenters. The number of ether oxygens (including phenoxy) is 2. The summed E-state index contributed by atoms with van der Waals surface area (Å²) in [5, 5.41) is 3.41. The fourth-order valence-electron chi connectivity index (χ4n) is 2.33. The maximum absolute atomic E-state index is 13.5. The van der Waals surface area contributed by atoms with Crippen LogP contribution in [0.1, 0.15) is 19.8 Å². The zero-order valence-corrected chi connectivity index (χ0v) is 11.7. The smallest absolute Gasteiger partial charge is 0.167 e. The summed E-state index contributed by atoms with van der Waals surface area (Å²) >= 11 is 0. The molecule has 1 heterocycles. The predicted octanol–water partition coefficient (Wildman–Crippen LogP) is 2.75. The van der Waals surface area contributed by atoms with E-state index in [9.17, 15) is 8.78 Å². The Labute approximate surface area is 118 Å². The second-order valence-electron chi connectivity index (χ2n) is 5.07. The van der Waals surface area contributed by atoms with Gasteiger partial charge in [0, 0.05) is 24.6 Å². The molecule has 1 fully saturated rings. The highest BCUT2D eigenvalue weighted by molar-refractivity contribution is 5.24. The molecule has 3 nitrogen and oxygen atoms in total. The molecule has 0 spiro atoms. The van der Waals surface area contributed by atoms with Crippen molar-refractivity contribution >= 4 is 0 Å². The zero-order valence-electron chi connectivity index (χ0n) is 11.7. The van der Waals surface area contributed by atoms with Crippen molar-refractivity contribution in [2.45, 2.75) is 25.8 Å². The van der Waals surface area contributed by atoms with Crippen LogP contribution in [0.4, 0.5) is 8.78 Å². The second-order valence-corrected chi connectivity index (χ2v) is 5.07. The summed E-state index contributed by atoms with van der Waals surface area (Å²) in [5.41, 5.74) is 0. The molecule has 0 aromatic heterocycles. The Morgan fingerprint density at radius 3 is 2.95 bits per heavy atom. The van der Waals surface area contributed by atoms with Gasteiger partial charge in [-0.05, 0) is 31.5 Å². The minimum atomic E-state index is -0.665. The Morgan fingerprint density at radius 2 is 2.30 bits per heavy atom. The average Bonchev–Trinajstić information content (AvgIpc) is 2.95. The van der Waals surface area contributed by atoms with Crippen LogP contribution in [0.2, 0.25) is 0 Å². The maximum atomic E-state index is 13.5. The first kappa shape index (κ1) is 15.2. The summed E-state index contributed by atoms with van der Waals surface area (Å²) < 4.78 is 37.2. The molecule has 1 aromatic carbocycles. The third kappa shape index (κ3) is 4.15. The lowest BCUT2D eigenvalue weighted by atomic mass is 9.99. The monoisotopic (exact) mass is 285 g/mol. The van der Waals surface area contributed by atoms with Gasteiger partial charge in [-0.1, -0.05) is 6.92 Å². The molecule has 5 heteroatoms. The highest BCUT2D eigenvalue weighted by Gasteiger charge is 2.26. The lowest BCUT2D eigenvalue weighted by Gasteiger charge is -2.24. The molecule has 1 saturated heterocycles. The van der Waals surface area contributed by atoms with Crippen LogP contribution in [0.3, 0.4) is 0 Å². The summed E-state index contributed by atoms with van der Waals surface area (Å²) in [7, 11) is 0. The summed E-state index contributed by atoms with van der Waals surface area (Å²) in [4.78, 5) is 0. The van der Waals surface area contributed by atoms with Gasteiger partial charge in [-0.2, -0.15) is 0 Å².